The van der Waals surface area contributed by atoms with Crippen molar-refractivity contribution in [2.75, 3.05) is 0 Å². The van der Waals surface area contributed by atoms with E-state index in [1.54, 1.807) is 0 Å². The van der Waals surface area contributed by atoms with E-state index in [-0.39, 0.29) is 61.0 Å². The van der Waals surface area contributed by atoms with Gasteiger partial charge in [-0.25, -0.2) is 9.97 Å². The third kappa shape index (κ3) is 7.36. The molecule has 0 saturated carbocycles. The van der Waals surface area contributed by atoms with Crippen molar-refractivity contribution in [3.05, 3.63) is 188 Å². The molecule has 0 N–H and O–H groups in total. The second-order valence-electron chi connectivity index (χ2n) is 17.1. The smallest absolute Gasteiger partial charge is 0.509 e. The van der Waals surface area contributed by atoms with Crippen LogP contribution in [0.4, 0.5) is 0 Å². The van der Waals surface area contributed by atoms with Crippen molar-refractivity contribution in [3.63, 3.8) is 0 Å². The van der Waals surface area contributed by atoms with Crippen LogP contribution >= 0.6 is 0 Å². The minimum Gasteiger partial charge on any atom is -0.509 e. The second kappa shape index (κ2) is 16.9. The van der Waals surface area contributed by atoms with Gasteiger partial charge in [0.25, 0.3) is 0 Å². The molecule has 0 amide bonds. The number of ether oxygens (including phenoxy) is 2. The zero-order valence-electron chi connectivity index (χ0n) is 35.4. The van der Waals surface area contributed by atoms with Crippen molar-refractivity contribution in [1.82, 2.24) is 24.5 Å². The van der Waals surface area contributed by atoms with E-state index in [9.17, 15) is 0 Å². The molecule has 4 aromatic heterocycles. The molecule has 65 heavy (non-hydrogen) atoms. The van der Waals surface area contributed by atoms with Gasteiger partial charge >= 0.3 is 42.1 Å². The molecule has 0 unspecified atom stereocenters. The average molecular weight is 1200 g/mol. The number of hydrogen-bond donors (Lipinski definition) is 0. The molecule has 0 atom stereocenters. The molecule has 2 aliphatic heterocycles. The summed E-state index contributed by atoms with van der Waals surface area (Å²) in [5.74, 6) is 2.74. The minimum absolute atomic E-state index is 0. The van der Waals surface area contributed by atoms with Gasteiger partial charge in [-0.2, -0.15) is 46.0 Å². The number of pyridine rings is 2. The first-order valence-corrected chi connectivity index (χ1v) is 21.1. The van der Waals surface area contributed by atoms with E-state index in [0.29, 0.717) is 28.9 Å². The van der Waals surface area contributed by atoms with Gasteiger partial charge in [0.05, 0.1) is 0 Å². The van der Waals surface area contributed by atoms with Crippen molar-refractivity contribution in [1.29, 1.82) is 0 Å². The van der Waals surface area contributed by atoms with Crippen LogP contribution in [0.5, 0.6) is 23.0 Å². The molecule has 2 aliphatic rings. The first-order valence-electron chi connectivity index (χ1n) is 21.1. The molecule has 0 radical (unpaired) electrons. The van der Waals surface area contributed by atoms with Crippen LogP contribution in [-0.4, -0.2) is 37.9 Å². The molecule has 0 aliphatic carbocycles. The first kappa shape index (κ1) is 42.6. The van der Waals surface area contributed by atoms with Gasteiger partial charge < -0.3 is 14.0 Å². The van der Waals surface area contributed by atoms with E-state index in [1.807, 2.05) is 77.9 Å². The van der Waals surface area contributed by atoms with Crippen LogP contribution in [0, 0.1) is 24.3 Å². The predicted octanol–water partition coefficient (Wildman–Crippen LogP) is 7.43. The maximum Gasteiger partial charge on any atom is 2.00 e. The number of fused-ring (bicyclic) bond motifs is 9. The summed E-state index contributed by atoms with van der Waals surface area (Å²) in [5.41, 5.74) is 13.5. The number of rotatable bonds is 7. The van der Waals surface area contributed by atoms with Crippen LogP contribution in [0.25, 0.3) is 50.0 Å². The molecule has 6 aromatic carbocycles. The van der Waals surface area contributed by atoms with E-state index >= 15 is 0 Å². The van der Waals surface area contributed by atoms with E-state index in [1.165, 1.54) is 22.1 Å². The topological polar surface area (TPSA) is 75.0 Å². The molecule has 0 saturated heterocycles. The first-order chi connectivity index (χ1) is 30.9. The Balaban J connectivity index is 0.00000249. The zero-order valence-corrected chi connectivity index (χ0v) is 39.9. The van der Waals surface area contributed by atoms with Crippen LogP contribution in [0.1, 0.15) is 26.3 Å². The van der Waals surface area contributed by atoms with Gasteiger partial charge in [0.15, 0.2) is 0 Å². The van der Waals surface area contributed by atoms with Crippen LogP contribution in [0.3, 0.4) is 0 Å². The van der Waals surface area contributed by atoms with Gasteiger partial charge in [0.1, 0.15) is 0 Å². The quantitative estimate of drug-likeness (QED) is 0.122. The van der Waals surface area contributed by atoms with Gasteiger partial charge in [-0.3, -0.25) is 9.97 Å². The SMILES string of the molecule is CC(C)(C)c1cnc(-n2c3[c-]c(Oc4[c-]c5c(cc4)-c4ccccc4B5c4ccccn4)ccc3c3ccc(Oc4[c-]c5c(cc4)-c4ccccc4B5c4ccccn4)[c-]c32)nc1.[Pt+2].[Pt+2]. The Morgan fingerprint density at radius 1 is 0.462 bits per heavy atom. The van der Waals surface area contributed by atoms with Crippen LogP contribution in [-0.2, 0) is 47.5 Å². The summed E-state index contributed by atoms with van der Waals surface area (Å²) < 4.78 is 15.2. The number of benzene rings is 6. The van der Waals surface area contributed by atoms with Crippen molar-refractivity contribution in [3.8, 4) is 51.2 Å². The second-order valence-corrected chi connectivity index (χ2v) is 17.1. The Labute approximate surface area is 407 Å². The molecule has 12 rings (SSSR count). The molecule has 10 aromatic rings. The summed E-state index contributed by atoms with van der Waals surface area (Å²) in [5, 5.41) is 1.90. The van der Waals surface area contributed by atoms with Crippen LogP contribution in [0.2, 0.25) is 0 Å². The maximum atomic E-state index is 6.62. The molecular formula is C54H35B2N5O2Pt2. The summed E-state index contributed by atoms with van der Waals surface area (Å²) in [4.78, 5) is 19.3. The van der Waals surface area contributed by atoms with E-state index in [4.69, 9.17) is 29.4 Å². The van der Waals surface area contributed by atoms with E-state index in [0.717, 1.165) is 60.6 Å². The van der Waals surface area contributed by atoms with E-state index < -0.39 is 0 Å². The summed E-state index contributed by atoms with van der Waals surface area (Å²) in [7, 11) is 0. The van der Waals surface area contributed by atoms with Crippen molar-refractivity contribution in [2.45, 2.75) is 26.2 Å². The fourth-order valence-corrected chi connectivity index (χ4v) is 9.24. The van der Waals surface area contributed by atoms with Crippen LogP contribution in [0.15, 0.2) is 158 Å². The summed E-state index contributed by atoms with van der Waals surface area (Å²) in [6.07, 6.45) is 7.48. The monoisotopic (exact) mass is 1200 g/mol. The van der Waals surface area contributed by atoms with Gasteiger partial charge in [-0.05, 0) is 35.2 Å². The summed E-state index contributed by atoms with van der Waals surface area (Å²) in [6, 6.07) is 59.7. The Morgan fingerprint density at radius 2 is 0.892 bits per heavy atom. The van der Waals surface area contributed by atoms with Crippen molar-refractivity contribution >= 4 is 68.3 Å². The third-order valence-corrected chi connectivity index (χ3v) is 12.2. The number of hydrogen-bond acceptors (Lipinski definition) is 6. The molecule has 11 heteroatoms. The van der Waals surface area contributed by atoms with E-state index in [2.05, 4.69) is 130 Å². The maximum absolute atomic E-state index is 6.62. The zero-order chi connectivity index (χ0) is 42.2. The molecule has 6 heterocycles. The Hall–Kier alpha value is -6.39. The van der Waals surface area contributed by atoms with Gasteiger partial charge in [0, 0.05) is 59.0 Å². The third-order valence-electron chi connectivity index (χ3n) is 12.2. The fraction of sp³-hybridized carbons (Fsp3) is 0.0741. The normalized spacial score (nSPS) is 12.2. The molecule has 0 fully saturated rings. The van der Waals surface area contributed by atoms with Crippen LogP contribution < -0.4 is 42.5 Å². The minimum atomic E-state index is -0.119. The Morgan fingerprint density at radius 3 is 1.34 bits per heavy atom. The number of nitrogens with zero attached hydrogens (tertiary/aromatic N) is 5. The molecule has 314 valence electrons. The summed E-state index contributed by atoms with van der Waals surface area (Å²) in [6.45, 7) is 6.36. The van der Waals surface area contributed by atoms with Gasteiger partial charge in [-0.1, -0.05) is 115 Å². The number of aromatic nitrogens is 5. The average Bonchev–Trinajstić information content (AvgIpc) is 3.94. The van der Waals surface area contributed by atoms with Gasteiger partial charge in [0.2, 0.25) is 19.4 Å². The molecule has 7 nitrogen and oxygen atoms in total. The Kier molecular flexibility index (Phi) is 11.0. The Bertz CT molecular complexity index is 3220. The molecule has 0 bridgehead atoms. The predicted molar refractivity (Wildman–Crippen MR) is 252 cm³/mol. The standard InChI is InChI=1S/C54H35B2N5O2.2Pt/c1-54(2,3)34-32-59-53(60-33-34)61-49-30-37(62-35-18-22-41-39-12-4-6-14-45(39)55(47(41)28-35)51-16-8-10-26-57-51)20-24-43(49)44-25-21-38(31-50(44)61)63-36-19-23-42-40-13-5-7-15-46(40)56(48(42)29-36)52-17-9-11-27-58-52;;/h4-27,32-33H,1-3H3;;/q-4;2*+2. The van der Waals surface area contributed by atoms with Crippen molar-refractivity contribution in [2.24, 2.45) is 0 Å². The largest absolute Gasteiger partial charge is 2.00 e. The molecular weight excluding hydrogens is 1160 g/mol. The summed E-state index contributed by atoms with van der Waals surface area (Å²) >= 11 is 0. The van der Waals surface area contributed by atoms with Gasteiger partial charge in [-0.15, -0.1) is 59.7 Å². The molecule has 0 spiro atoms. The fourth-order valence-electron chi connectivity index (χ4n) is 9.24. The van der Waals surface area contributed by atoms with Crippen molar-refractivity contribution < 1.29 is 51.6 Å².